The van der Waals surface area contributed by atoms with E-state index >= 15 is 0 Å². The first-order valence-corrected chi connectivity index (χ1v) is 6.20. The van der Waals surface area contributed by atoms with Gasteiger partial charge in [-0.05, 0) is 19.2 Å². The van der Waals surface area contributed by atoms with Gasteiger partial charge in [-0.25, -0.2) is 10.8 Å². The number of amides is 1. The van der Waals surface area contributed by atoms with E-state index in [9.17, 15) is 4.79 Å². The molecule has 1 fully saturated rings. The summed E-state index contributed by atoms with van der Waals surface area (Å²) in [5.74, 6) is 5.56. The van der Waals surface area contributed by atoms with Gasteiger partial charge in [0.1, 0.15) is 5.82 Å². The lowest BCUT2D eigenvalue weighted by Crippen LogP contribution is -2.45. The highest BCUT2D eigenvalue weighted by molar-refractivity contribution is 5.94. The molecule has 104 valence electrons. The smallest absolute Gasteiger partial charge is 0.251 e. The molecule has 1 saturated heterocycles. The molecular weight excluding hydrogens is 246 g/mol. The summed E-state index contributed by atoms with van der Waals surface area (Å²) in [5, 5.41) is 2.85. The van der Waals surface area contributed by atoms with Gasteiger partial charge in [0.2, 0.25) is 0 Å². The molecular formula is C12H19N5O2. The Bertz CT molecular complexity index is 440. The van der Waals surface area contributed by atoms with Crippen LogP contribution in [0.1, 0.15) is 10.4 Å². The van der Waals surface area contributed by atoms with Crippen LogP contribution in [-0.4, -0.2) is 55.2 Å². The molecule has 7 nitrogen and oxygen atoms in total. The molecule has 1 aliphatic rings. The predicted octanol–water partition coefficient (Wildman–Crippen LogP) is -0.572. The molecule has 1 unspecified atom stereocenters. The molecule has 1 aromatic heterocycles. The minimum Gasteiger partial charge on any atom is -0.374 e. The number of hydrogen-bond acceptors (Lipinski definition) is 6. The molecule has 7 heteroatoms. The van der Waals surface area contributed by atoms with Crippen molar-refractivity contribution in [2.45, 2.75) is 6.10 Å². The Labute approximate surface area is 112 Å². The van der Waals surface area contributed by atoms with E-state index in [1.54, 1.807) is 12.1 Å². The number of nitrogens with one attached hydrogen (secondary N) is 2. The van der Waals surface area contributed by atoms with Crippen molar-refractivity contribution < 1.29 is 9.53 Å². The van der Waals surface area contributed by atoms with Gasteiger partial charge in [-0.1, -0.05) is 0 Å². The second-order valence-electron chi connectivity index (χ2n) is 4.54. The van der Waals surface area contributed by atoms with E-state index in [2.05, 4.69) is 20.6 Å². The number of nitrogens with two attached hydrogens (primary N) is 1. The van der Waals surface area contributed by atoms with Crippen LogP contribution in [0.15, 0.2) is 18.3 Å². The second kappa shape index (κ2) is 6.46. The van der Waals surface area contributed by atoms with E-state index in [-0.39, 0.29) is 12.0 Å². The highest BCUT2D eigenvalue weighted by Crippen LogP contribution is 2.06. The number of aromatic nitrogens is 1. The number of hydrazine groups is 1. The zero-order valence-corrected chi connectivity index (χ0v) is 10.9. The highest BCUT2D eigenvalue weighted by atomic mass is 16.5. The van der Waals surface area contributed by atoms with Gasteiger partial charge in [0.15, 0.2) is 0 Å². The summed E-state index contributed by atoms with van der Waals surface area (Å²) in [4.78, 5) is 18.1. The first-order chi connectivity index (χ1) is 9.19. The molecule has 0 saturated carbocycles. The van der Waals surface area contributed by atoms with Gasteiger partial charge in [0.25, 0.3) is 5.91 Å². The van der Waals surface area contributed by atoms with Crippen molar-refractivity contribution in [3.05, 3.63) is 23.9 Å². The monoisotopic (exact) mass is 265 g/mol. The van der Waals surface area contributed by atoms with E-state index in [1.807, 2.05) is 7.05 Å². The average Bonchev–Trinajstić information content (AvgIpc) is 2.45. The minimum absolute atomic E-state index is 0.0386. The molecule has 0 spiro atoms. The van der Waals surface area contributed by atoms with Crippen LogP contribution in [-0.2, 0) is 4.74 Å². The summed E-state index contributed by atoms with van der Waals surface area (Å²) in [6.45, 7) is 2.96. The fourth-order valence-electron chi connectivity index (χ4n) is 1.95. The molecule has 1 atom stereocenters. The Morgan fingerprint density at radius 2 is 2.53 bits per heavy atom. The molecule has 19 heavy (non-hydrogen) atoms. The summed E-state index contributed by atoms with van der Waals surface area (Å²) in [7, 11) is 2.04. The van der Waals surface area contributed by atoms with Crippen LogP contribution < -0.4 is 16.6 Å². The maximum Gasteiger partial charge on any atom is 0.251 e. The maximum atomic E-state index is 12.0. The van der Waals surface area contributed by atoms with Gasteiger partial charge in [-0.3, -0.25) is 4.79 Å². The largest absolute Gasteiger partial charge is 0.374 e. The van der Waals surface area contributed by atoms with Gasteiger partial charge in [-0.15, -0.1) is 0 Å². The number of anilines is 1. The Morgan fingerprint density at radius 1 is 1.68 bits per heavy atom. The van der Waals surface area contributed by atoms with Crippen LogP contribution in [0, 0.1) is 0 Å². The third-order valence-corrected chi connectivity index (χ3v) is 3.00. The van der Waals surface area contributed by atoms with E-state index in [0.717, 1.165) is 13.1 Å². The van der Waals surface area contributed by atoms with Gasteiger partial charge in [0.05, 0.1) is 12.7 Å². The van der Waals surface area contributed by atoms with Crippen molar-refractivity contribution in [1.82, 2.24) is 15.2 Å². The van der Waals surface area contributed by atoms with E-state index in [4.69, 9.17) is 10.6 Å². The number of pyridine rings is 1. The summed E-state index contributed by atoms with van der Waals surface area (Å²) in [6.07, 6.45) is 1.58. The molecule has 1 aliphatic heterocycles. The summed E-state index contributed by atoms with van der Waals surface area (Å²) >= 11 is 0. The molecule has 1 amide bonds. The van der Waals surface area contributed by atoms with Crippen LogP contribution in [0.25, 0.3) is 0 Å². The standard InChI is InChI=1S/C12H19N5O2/c1-17-4-5-19-10(8-17)7-15-12(18)9-2-3-14-11(6-9)16-13/h2-3,6,10H,4-5,7-8,13H2,1H3,(H,14,16)(H,15,18). The second-order valence-corrected chi connectivity index (χ2v) is 4.54. The molecule has 2 rings (SSSR count). The van der Waals surface area contributed by atoms with E-state index < -0.39 is 0 Å². The number of nitrogens with zero attached hydrogens (tertiary/aromatic N) is 2. The number of carbonyl (C=O) groups excluding carboxylic acids is 1. The fourth-order valence-corrected chi connectivity index (χ4v) is 1.95. The SMILES string of the molecule is CN1CCOC(CNC(=O)c2ccnc(NN)c2)C1. The first kappa shape index (κ1) is 13.7. The third kappa shape index (κ3) is 3.88. The Morgan fingerprint density at radius 3 is 3.26 bits per heavy atom. The Balaban J connectivity index is 1.86. The summed E-state index contributed by atoms with van der Waals surface area (Å²) in [6, 6.07) is 3.24. The van der Waals surface area contributed by atoms with Crippen molar-refractivity contribution in [3.63, 3.8) is 0 Å². The average molecular weight is 265 g/mol. The van der Waals surface area contributed by atoms with Crippen LogP contribution >= 0.6 is 0 Å². The lowest BCUT2D eigenvalue weighted by atomic mass is 10.2. The summed E-state index contributed by atoms with van der Waals surface area (Å²) in [5.41, 5.74) is 2.93. The van der Waals surface area contributed by atoms with Gasteiger partial charge in [0, 0.05) is 31.4 Å². The molecule has 2 heterocycles. The zero-order valence-electron chi connectivity index (χ0n) is 10.9. The highest BCUT2D eigenvalue weighted by Gasteiger charge is 2.18. The topological polar surface area (TPSA) is 92.5 Å². The van der Waals surface area contributed by atoms with Crippen LogP contribution in [0.3, 0.4) is 0 Å². The molecule has 0 aliphatic carbocycles. The van der Waals surface area contributed by atoms with E-state index in [0.29, 0.717) is 24.5 Å². The van der Waals surface area contributed by atoms with Crippen molar-refractivity contribution in [1.29, 1.82) is 0 Å². The number of morpholine rings is 1. The summed E-state index contributed by atoms with van der Waals surface area (Å²) < 4.78 is 5.58. The number of likely N-dealkylation sites (N-methyl/N-ethyl adjacent to an activating group) is 1. The number of ether oxygens (including phenoxy) is 1. The molecule has 4 N–H and O–H groups in total. The Hall–Kier alpha value is -1.70. The number of rotatable bonds is 4. The third-order valence-electron chi connectivity index (χ3n) is 3.00. The maximum absolute atomic E-state index is 12.0. The van der Waals surface area contributed by atoms with Crippen molar-refractivity contribution >= 4 is 11.7 Å². The molecule has 0 radical (unpaired) electrons. The quantitative estimate of drug-likeness (QED) is 0.498. The van der Waals surface area contributed by atoms with E-state index in [1.165, 1.54) is 6.20 Å². The number of carbonyl (C=O) groups is 1. The van der Waals surface area contributed by atoms with Gasteiger partial charge >= 0.3 is 0 Å². The van der Waals surface area contributed by atoms with Crippen molar-refractivity contribution in [2.75, 3.05) is 38.7 Å². The van der Waals surface area contributed by atoms with Gasteiger partial charge < -0.3 is 20.4 Å². The number of nitrogen functional groups attached to an aromatic ring is 1. The minimum atomic E-state index is -0.157. The molecule has 1 aromatic rings. The normalized spacial score (nSPS) is 20.0. The molecule has 0 aromatic carbocycles. The van der Waals surface area contributed by atoms with Crippen molar-refractivity contribution in [3.8, 4) is 0 Å². The first-order valence-electron chi connectivity index (χ1n) is 6.20. The van der Waals surface area contributed by atoms with Gasteiger partial charge in [-0.2, -0.15) is 0 Å². The van der Waals surface area contributed by atoms with Crippen LogP contribution in [0.5, 0.6) is 0 Å². The predicted molar refractivity (Wildman–Crippen MR) is 71.6 cm³/mol. The van der Waals surface area contributed by atoms with Crippen LogP contribution in [0.2, 0.25) is 0 Å². The Kier molecular flexibility index (Phi) is 4.67. The fraction of sp³-hybridized carbons (Fsp3) is 0.500. The van der Waals surface area contributed by atoms with Crippen LogP contribution in [0.4, 0.5) is 5.82 Å². The zero-order chi connectivity index (χ0) is 13.7. The number of hydrogen-bond donors (Lipinski definition) is 3. The van der Waals surface area contributed by atoms with Crippen molar-refractivity contribution in [2.24, 2.45) is 5.84 Å². The lowest BCUT2D eigenvalue weighted by Gasteiger charge is -2.30. The molecule has 0 bridgehead atoms. The lowest BCUT2D eigenvalue weighted by molar-refractivity contribution is -0.0175.